The molecule has 2 saturated heterocycles. The zero-order valence-electron chi connectivity index (χ0n) is 34.7. The lowest BCUT2D eigenvalue weighted by molar-refractivity contribution is -0.345. The summed E-state index contributed by atoms with van der Waals surface area (Å²) in [6.45, 7) is 1.69. The van der Waals surface area contributed by atoms with Gasteiger partial charge in [-0.25, -0.2) is 4.79 Å². The van der Waals surface area contributed by atoms with Crippen molar-refractivity contribution in [3.63, 3.8) is 0 Å². The topological polar surface area (TPSA) is 321 Å². The van der Waals surface area contributed by atoms with E-state index in [2.05, 4.69) is 10.1 Å². The second-order valence-corrected chi connectivity index (χ2v) is 16.0. The van der Waals surface area contributed by atoms with Gasteiger partial charge in [-0.15, -0.1) is 0 Å². The number of aromatic hydroxyl groups is 3. The Morgan fingerprint density at radius 1 is 0.841 bits per heavy atom. The van der Waals surface area contributed by atoms with Crippen molar-refractivity contribution in [3.05, 3.63) is 68.8 Å². The average molecular weight is 885 g/mol. The molecule has 0 bridgehead atoms. The van der Waals surface area contributed by atoms with Crippen LogP contribution >= 0.6 is 0 Å². The number of esters is 1. The molecule has 4 aliphatic rings. The SMILES string of the molecule is COC(=O)[C@@H](CO)NC(=O)c1c(C)cc2c(c1O)-c1c(cc3c(c1O)C(=O)c1cc(OC)cc(O)c1C3=O)[C@H](O)[C@H]2O[C@@H]1O[C@H](C)[C@H](N(C)C)[C@H](O[C@@H]2OC[C@@H](O)[C@H](O)[C@H]2O)[C@H]1O. The van der Waals surface area contributed by atoms with Gasteiger partial charge in [0.05, 0.1) is 56.3 Å². The first-order chi connectivity index (χ1) is 29.8. The van der Waals surface area contributed by atoms with Crippen LogP contribution in [0.3, 0.4) is 0 Å². The van der Waals surface area contributed by atoms with E-state index >= 15 is 0 Å². The van der Waals surface area contributed by atoms with Gasteiger partial charge in [0.2, 0.25) is 0 Å². The van der Waals surface area contributed by atoms with Crippen LogP contribution in [-0.2, 0) is 28.5 Å². The van der Waals surface area contributed by atoms with Crippen LogP contribution < -0.4 is 10.1 Å². The number of aliphatic hydroxyl groups excluding tert-OH is 6. The molecule has 1 amide bonds. The number of rotatable bonds is 10. The summed E-state index contributed by atoms with van der Waals surface area (Å²) in [6, 6.07) is 2.31. The standard InChI is InChI=1S/C42H48N2O19/c1-13-7-19-26(33(52)23(13)39(56)43-20(11-45)40(57)59-6)25-17(10-18-27(34(25)53)30(49)16-8-15(58-5)9-21(46)24(16)29(18)48)31(50)37(19)62-42-36(55)38(28(44(3)4)14(2)61-42)63-41-35(54)32(51)22(47)12-60-41/h7-10,14,20,22,28,31-32,35-38,41-42,45-47,50-55H,11-12H2,1-6H3,(H,43,56)/t14-,20-,22-,28+,31+,32+,35-,36-,37+,38+,41+,42+/m1/s1. The minimum atomic E-state index is -1.91. The fourth-order valence-electron chi connectivity index (χ4n) is 8.81. The maximum atomic E-state index is 14.2. The van der Waals surface area contributed by atoms with Crippen LogP contribution in [0.25, 0.3) is 11.1 Å². The van der Waals surface area contributed by atoms with Crippen molar-refractivity contribution >= 4 is 23.4 Å². The number of ether oxygens (including phenoxy) is 6. The summed E-state index contributed by atoms with van der Waals surface area (Å²) in [5.74, 6) is -6.37. The van der Waals surface area contributed by atoms with Gasteiger partial charge in [0.25, 0.3) is 5.91 Å². The number of likely N-dealkylation sites (N-methyl/N-ethyl adjacent to an activating group) is 1. The molecular formula is C42H48N2O19. The van der Waals surface area contributed by atoms with Crippen LogP contribution in [0.15, 0.2) is 24.3 Å². The summed E-state index contributed by atoms with van der Waals surface area (Å²) in [6.07, 6.45) is -15.6. The van der Waals surface area contributed by atoms with E-state index in [0.717, 1.165) is 19.2 Å². The van der Waals surface area contributed by atoms with Crippen LogP contribution in [0.1, 0.15) is 78.0 Å². The minimum absolute atomic E-state index is 0.00583. The number of phenols is 3. The van der Waals surface area contributed by atoms with Crippen LogP contribution in [0.4, 0.5) is 0 Å². The Kier molecular flexibility index (Phi) is 12.6. The normalized spacial score (nSPS) is 29.3. The van der Waals surface area contributed by atoms with Gasteiger partial charge in [-0.05, 0) is 56.8 Å². The summed E-state index contributed by atoms with van der Waals surface area (Å²) in [5, 5.41) is 102. The number of hydrogen-bond acceptors (Lipinski definition) is 20. The molecule has 0 spiro atoms. The molecule has 21 heteroatoms. The number of aliphatic hydroxyl groups is 6. The molecule has 10 N–H and O–H groups in total. The van der Waals surface area contributed by atoms with E-state index in [1.165, 1.54) is 26.2 Å². The van der Waals surface area contributed by atoms with E-state index in [1.54, 1.807) is 25.9 Å². The third-order valence-corrected chi connectivity index (χ3v) is 11.9. The Hall–Kier alpha value is -5.30. The molecule has 0 saturated carbocycles. The molecule has 0 unspecified atom stereocenters. The number of methoxy groups -OCH3 is 2. The Balaban J connectivity index is 1.37. The van der Waals surface area contributed by atoms with Crippen LogP contribution in [0.5, 0.6) is 23.0 Å². The third kappa shape index (κ3) is 7.57. The Labute approximate surface area is 358 Å². The van der Waals surface area contributed by atoms with Crippen molar-refractivity contribution in [1.82, 2.24) is 10.2 Å². The number of carbonyl (C=O) groups is 4. The molecular weight excluding hydrogens is 836 g/mol. The third-order valence-electron chi connectivity index (χ3n) is 11.9. The molecule has 21 nitrogen and oxygen atoms in total. The molecule has 2 heterocycles. The van der Waals surface area contributed by atoms with Crippen molar-refractivity contribution < 1.29 is 93.6 Å². The molecule has 2 aliphatic carbocycles. The van der Waals surface area contributed by atoms with Gasteiger partial charge >= 0.3 is 5.97 Å². The summed E-state index contributed by atoms with van der Waals surface area (Å²) in [7, 11) is 5.60. The summed E-state index contributed by atoms with van der Waals surface area (Å²) in [5.41, 5.74) is -3.52. The number of hydrogen-bond donors (Lipinski definition) is 10. The van der Waals surface area contributed by atoms with Gasteiger partial charge in [0.15, 0.2) is 30.2 Å². The highest BCUT2D eigenvalue weighted by Crippen LogP contribution is 2.57. The van der Waals surface area contributed by atoms with Gasteiger partial charge in [-0.2, -0.15) is 0 Å². The first kappa shape index (κ1) is 45.7. The number of amides is 1. The van der Waals surface area contributed by atoms with E-state index in [-0.39, 0.29) is 28.0 Å². The van der Waals surface area contributed by atoms with Gasteiger partial charge in [-0.1, -0.05) is 6.07 Å². The number of ketones is 2. The Morgan fingerprint density at radius 3 is 2.13 bits per heavy atom. The maximum Gasteiger partial charge on any atom is 0.330 e. The van der Waals surface area contributed by atoms with Gasteiger partial charge < -0.3 is 84.6 Å². The van der Waals surface area contributed by atoms with Gasteiger partial charge in [-0.3, -0.25) is 14.4 Å². The van der Waals surface area contributed by atoms with Crippen LogP contribution in [-0.4, -0.2) is 177 Å². The molecule has 63 heavy (non-hydrogen) atoms. The first-order valence-corrected chi connectivity index (χ1v) is 19.7. The number of phenolic OH excluding ortho intramolecular Hbond substituents is 3. The summed E-state index contributed by atoms with van der Waals surface area (Å²) < 4.78 is 33.9. The number of nitrogens with one attached hydrogen (secondary N) is 1. The fraction of sp³-hybridized carbons (Fsp3) is 0.476. The molecule has 7 rings (SSSR count). The fourth-order valence-corrected chi connectivity index (χ4v) is 8.81. The highest BCUT2D eigenvalue weighted by Gasteiger charge is 2.52. The highest BCUT2D eigenvalue weighted by atomic mass is 16.7. The largest absolute Gasteiger partial charge is 0.507 e. The van der Waals surface area contributed by atoms with E-state index in [1.807, 2.05) is 0 Å². The molecule has 12 atom stereocenters. The van der Waals surface area contributed by atoms with Crippen molar-refractivity contribution in [2.75, 3.05) is 41.5 Å². The smallest absolute Gasteiger partial charge is 0.330 e. The number of aryl methyl sites for hydroxylation is 1. The molecule has 2 aliphatic heterocycles. The maximum absolute atomic E-state index is 14.2. The Bertz CT molecular complexity index is 2350. The van der Waals surface area contributed by atoms with Crippen molar-refractivity contribution in [1.29, 1.82) is 0 Å². The van der Waals surface area contributed by atoms with Crippen molar-refractivity contribution in [2.45, 2.75) is 87.3 Å². The average Bonchev–Trinajstić information content (AvgIpc) is 3.23. The molecule has 0 radical (unpaired) electrons. The van der Waals surface area contributed by atoms with E-state index in [9.17, 15) is 65.1 Å². The lowest BCUT2D eigenvalue weighted by Crippen LogP contribution is -2.65. The molecule has 3 aromatic carbocycles. The van der Waals surface area contributed by atoms with Crippen LogP contribution in [0.2, 0.25) is 0 Å². The van der Waals surface area contributed by atoms with Crippen molar-refractivity contribution in [3.8, 4) is 34.1 Å². The van der Waals surface area contributed by atoms with Gasteiger partial charge in [0.1, 0.15) is 65.7 Å². The summed E-state index contributed by atoms with van der Waals surface area (Å²) >= 11 is 0. The Morgan fingerprint density at radius 2 is 1.49 bits per heavy atom. The van der Waals surface area contributed by atoms with E-state index in [4.69, 9.17) is 23.7 Å². The highest BCUT2D eigenvalue weighted by molar-refractivity contribution is 6.31. The molecule has 3 aromatic rings. The number of fused-ring (bicyclic) bond motifs is 5. The molecule has 340 valence electrons. The van der Waals surface area contributed by atoms with Crippen LogP contribution in [0, 0.1) is 6.92 Å². The number of carbonyl (C=O) groups excluding carboxylic acids is 4. The van der Waals surface area contributed by atoms with E-state index < -0.39 is 161 Å². The molecule has 0 aromatic heterocycles. The number of benzene rings is 3. The predicted molar refractivity (Wildman–Crippen MR) is 211 cm³/mol. The molecule has 2 fully saturated rings. The quantitative estimate of drug-likeness (QED) is 0.0836. The lowest BCUT2D eigenvalue weighted by Gasteiger charge is -2.49. The second kappa shape index (κ2) is 17.3. The van der Waals surface area contributed by atoms with E-state index in [0.29, 0.717) is 0 Å². The minimum Gasteiger partial charge on any atom is -0.507 e. The summed E-state index contributed by atoms with van der Waals surface area (Å²) in [4.78, 5) is 56.0. The second-order valence-electron chi connectivity index (χ2n) is 16.0. The zero-order chi connectivity index (χ0) is 46.1. The zero-order valence-corrected chi connectivity index (χ0v) is 34.7. The first-order valence-electron chi connectivity index (χ1n) is 19.7. The van der Waals surface area contributed by atoms with Crippen molar-refractivity contribution in [2.24, 2.45) is 0 Å². The lowest BCUT2D eigenvalue weighted by atomic mass is 9.74. The monoisotopic (exact) mass is 884 g/mol. The number of nitrogens with zero attached hydrogens (tertiary/aromatic N) is 1. The predicted octanol–water partition coefficient (Wildman–Crippen LogP) is -1.21. The van der Waals surface area contributed by atoms with Gasteiger partial charge in [0, 0.05) is 28.3 Å².